The predicted octanol–water partition coefficient (Wildman–Crippen LogP) is 6.52. The van der Waals surface area contributed by atoms with Crippen molar-refractivity contribution in [3.8, 4) is 0 Å². The predicted molar refractivity (Wildman–Crippen MR) is 113 cm³/mol. The molecule has 0 unspecified atom stereocenters. The molecule has 0 aromatic heterocycles. The minimum Gasteiger partial charge on any atom is -0.437 e. The van der Waals surface area contributed by atoms with E-state index in [4.69, 9.17) is 4.74 Å². The third kappa shape index (κ3) is 4.11. The average Bonchev–Trinajstić information content (AvgIpc) is 2.61. The third-order valence-corrected chi connectivity index (χ3v) is 5.80. The smallest absolute Gasteiger partial charge is 0.411 e. The molecule has 1 aliphatic rings. The maximum atomic E-state index is 13.0. The Kier molecular flexibility index (Phi) is 5.75. The van der Waals surface area contributed by atoms with Gasteiger partial charge in [0.25, 0.3) is 0 Å². The Bertz CT molecular complexity index is 849. The van der Waals surface area contributed by atoms with Gasteiger partial charge in [-0.05, 0) is 49.6 Å². The molecule has 2 aromatic rings. The van der Waals surface area contributed by atoms with Crippen LogP contribution in [0.4, 0.5) is 4.79 Å². The number of hydrogen-bond donors (Lipinski definition) is 0. The lowest BCUT2D eigenvalue weighted by molar-refractivity contribution is -0.0603. The lowest BCUT2D eigenvalue weighted by atomic mass is 9.83. The van der Waals surface area contributed by atoms with E-state index in [0.29, 0.717) is 13.0 Å². The van der Waals surface area contributed by atoms with E-state index >= 15 is 0 Å². The summed E-state index contributed by atoms with van der Waals surface area (Å²) in [7, 11) is 0. The van der Waals surface area contributed by atoms with Crippen LogP contribution in [0.5, 0.6) is 0 Å². The molecule has 0 radical (unpaired) electrons. The van der Waals surface area contributed by atoms with Gasteiger partial charge in [0, 0.05) is 23.9 Å². The van der Waals surface area contributed by atoms with Crippen LogP contribution in [0.25, 0.3) is 0 Å². The van der Waals surface area contributed by atoms with Crippen LogP contribution in [0.1, 0.15) is 49.4 Å². The zero-order valence-electron chi connectivity index (χ0n) is 16.2. The summed E-state index contributed by atoms with van der Waals surface area (Å²) in [4.78, 5) is 14.9. The van der Waals surface area contributed by atoms with Crippen molar-refractivity contribution in [2.24, 2.45) is 0 Å². The summed E-state index contributed by atoms with van der Waals surface area (Å²) < 4.78 is 7.15. The van der Waals surface area contributed by atoms with E-state index in [-0.39, 0.29) is 12.1 Å². The minimum atomic E-state index is -0.630. The highest BCUT2D eigenvalue weighted by Gasteiger charge is 2.43. The fourth-order valence-corrected chi connectivity index (χ4v) is 4.43. The quantitative estimate of drug-likeness (QED) is 0.508. The lowest BCUT2D eigenvalue weighted by Crippen LogP contribution is -2.48. The van der Waals surface area contributed by atoms with E-state index in [0.717, 1.165) is 33.2 Å². The van der Waals surface area contributed by atoms with Crippen molar-refractivity contribution in [1.29, 1.82) is 0 Å². The first kappa shape index (κ1) is 19.7. The Balaban J connectivity index is 1.87. The van der Waals surface area contributed by atoms with Crippen LogP contribution < -0.4 is 0 Å². The molecule has 0 spiro atoms. The Labute approximate surface area is 170 Å². The van der Waals surface area contributed by atoms with Gasteiger partial charge in [-0.25, -0.2) is 4.79 Å². The number of aryl methyl sites for hydroxylation is 1. The molecular formula is C23H26BrNO2. The Morgan fingerprint density at radius 3 is 2.59 bits per heavy atom. The fraction of sp³-hybridized carbons (Fsp3) is 0.348. The van der Waals surface area contributed by atoms with Crippen molar-refractivity contribution in [2.75, 3.05) is 6.54 Å². The standard InChI is InChI=1S/C23H26BrNO2/c1-16(2)15-23(19-8-6-5-7-9-19)12-13-25(22(26)27-23)18(4)21-11-10-20(24)14-17(21)3/h5-11,14,18H,1,12-13,15H2,2-4H3/t18-,23-/m1/s1. The second-order valence-electron chi connectivity index (χ2n) is 7.48. The molecule has 1 fully saturated rings. The fourth-order valence-electron chi connectivity index (χ4n) is 3.96. The normalized spacial score (nSPS) is 20.9. The summed E-state index contributed by atoms with van der Waals surface area (Å²) in [5.41, 5.74) is 3.72. The van der Waals surface area contributed by atoms with Gasteiger partial charge in [-0.2, -0.15) is 0 Å². The summed E-state index contributed by atoms with van der Waals surface area (Å²) >= 11 is 3.50. The van der Waals surface area contributed by atoms with Gasteiger partial charge in [-0.3, -0.25) is 0 Å². The van der Waals surface area contributed by atoms with E-state index in [1.807, 2.05) is 48.2 Å². The topological polar surface area (TPSA) is 29.5 Å². The summed E-state index contributed by atoms with van der Waals surface area (Å²) in [6.45, 7) is 10.8. The molecule has 1 amide bonds. The molecule has 2 aromatic carbocycles. The highest BCUT2D eigenvalue weighted by atomic mass is 79.9. The molecule has 3 nitrogen and oxygen atoms in total. The van der Waals surface area contributed by atoms with Crippen molar-refractivity contribution >= 4 is 22.0 Å². The first-order valence-electron chi connectivity index (χ1n) is 9.28. The summed E-state index contributed by atoms with van der Waals surface area (Å²) in [6, 6.07) is 16.2. The van der Waals surface area contributed by atoms with Crippen LogP contribution in [0.3, 0.4) is 0 Å². The SMILES string of the molecule is C=C(C)C[C@@]1(c2ccccc2)CCN([C@H](C)c2ccc(Br)cc2C)C(=O)O1. The van der Waals surface area contributed by atoms with Gasteiger partial charge >= 0.3 is 6.09 Å². The first-order chi connectivity index (χ1) is 12.8. The monoisotopic (exact) mass is 427 g/mol. The largest absolute Gasteiger partial charge is 0.437 e. The number of benzene rings is 2. The first-order valence-corrected chi connectivity index (χ1v) is 10.1. The molecular weight excluding hydrogens is 402 g/mol. The van der Waals surface area contributed by atoms with Crippen molar-refractivity contribution < 1.29 is 9.53 Å². The summed E-state index contributed by atoms with van der Waals surface area (Å²) in [5, 5.41) is 0. The van der Waals surface area contributed by atoms with E-state index in [1.54, 1.807) is 0 Å². The van der Waals surface area contributed by atoms with Crippen molar-refractivity contribution in [1.82, 2.24) is 4.90 Å². The third-order valence-electron chi connectivity index (χ3n) is 5.31. The number of carbonyl (C=O) groups is 1. The summed E-state index contributed by atoms with van der Waals surface area (Å²) in [5.74, 6) is 0. The molecule has 4 heteroatoms. The molecule has 1 aliphatic heterocycles. The number of carbonyl (C=O) groups excluding carboxylic acids is 1. The maximum absolute atomic E-state index is 13.0. The van der Waals surface area contributed by atoms with Crippen LogP contribution in [0.2, 0.25) is 0 Å². The zero-order chi connectivity index (χ0) is 19.6. The van der Waals surface area contributed by atoms with Crippen LogP contribution in [0, 0.1) is 6.92 Å². The Hall–Kier alpha value is -2.07. The lowest BCUT2D eigenvalue weighted by Gasteiger charge is -2.44. The Morgan fingerprint density at radius 2 is 2.00 bits per heavy atom. The van der Waals surface area contributed by atoms with Gasteiger partial charge in [-0.1, -0.05) is 64.5 Å². The van der Waals surface area contributed by atoms with Crippen LogP contribution in [-0.4, -0.2) is 17.5 Å². The highest BCUT2D eigenvalue weighted by molar-refractivity contribution is 9.10. The molecule has 2 atom stereocenters. The average molecular weight is 428 g/mol. The van der Waals surface area contributed by atoms with Gasteiger partial charge in [0.15, 0.2) is 0 Å². The van der Waals surface area contributed by atoms with Crippen LogP contribution in [-0.2, 0) is 10.3 Å². The summed E-state index contributed by atoms with van der Waals surface area (Å²) in [6.07, 6.45) is 1.12. The van der Waals surface area contributed by atoms with E-state index in [9.17, 15) is 4.79 Å². The van der Waals surface area contributed by atoms with Gasteiger partial charge in [-0.15, -0.1) is 0 Å². The van der Waals surface area contributed by atoms with Gasteiger partial charge in [0.05, 0.1) is 6.04 Å². The van der Waals surface area contributed by atoms with Crippen molar-refractivity contribution in [3.05, 3.63) is 81.8 Å². The van der Waals surface area contributed by atoms with Crippen LogP contribution in [0.15, 0.2) is 65.2 Å². The van der Waals surface area contributed by atoms with Gasteiger partial charge in [0.1, 0.15) is 5.60 Å². The molecule has 1 saturated heterocycles. The molecule has 142 valence electrons. The van der Waals surface area contributed by atoms with Crippen molar-refractivity contribution in [2.45, 2.75) is 45.3 Å². The molecule has 0 bridgehead atoms. The maximum Gasteiger partial charge on any atom is 0.411 e. The number of cyclic esters (lactones) is 1. The number of amides is 1. The number of nitrogens with zero attached hydrogens (tertiary/aromatic N) is 1. The van der Waals surface area contributed by atoms with E-state index in [1.165, 1.54) is 0 Å². The second-order valence-corrected chi connectivity index (χ2v) is 8.40. The number of halogens is 1. The van der Waals surface area contributed by atoms with Gasteiger partial charge in [0.2, 0.25) is 0 Å². The number of rotatable bonds is 5. The molecule has 3 rings (SSSR count). The second kappa shape index (κ2) is 7.89. The highest BCUT2D eigenvalue weighted by Crippen LogP contribution is 2.41. The number of ether oxygens (including phenoxy) is 1. The minimum absolute atomic E-state index is 0.0378. The van der Waals surface area contributed by atoms with Crippen LogP contribution >= 0.6 is 15.9 Å². The molecule has 0 N–H and O–H groups in total. The van der Waals surface area contributed by atoms with Crippen molar-refractivity contribution in [3.63, 3.8) is 0 Å². The zero-order valence-corrected chi connectivity index (χ0v) is 17.8. The molecule has 1 heterocycles. The Morgan fingerprint density at radius 1 is 1.30 bits per heavy atom. The van der Waals surface area contributed by atoms with E-state index in [2.05, 4.69) is 48.5 Å². The molecule has 0 saturated carbocycles. The molecule has 27 heavy (non-hydrogen) atoms. The number of hydrogen-bond acceptors (Lipinski definition) is 2. The molecule has 0 aliphatic carbocycles. The van der Waals surface area contributed by atoms with Gasteiger partial charge < -0.3 is 9.64 Å². The van der Waals surface area contributed by atoms with E-state index < -0.39 is 5.60 Å².